The molecule has 1 atom stereocenters. The van der Waals surface area contributed by atoms with Crippen molar-refractivity contribution in [2.75, 3.05) is 12.9 Å². The molecule has 1 aliphatic carbocycles. The third-order valence-electron chi connectivity index (χ3n) is 6.20. The Balaban J connectivity index is 1.80. The standard InChI is InChI=1S/C24H30FN5O4/c1-13-19-17(21(31)30(26)22(32)29(19)16-7-8-16)11-18(25)20(13)28-10-9-15(12-28)14(2)27(6)23(33)34-24(3,4)5/h9-12,14,16H,7-8,26H2,1-6H3/t14-/m0/s1. The third-order valence-corrected chi connectivity index (χ3v) is 6.20. The summed E-state index contributed by atoms with van der Waals surface area (Å²) in [5, 5.41) is 0.0677. The van der Waals surface area contributed by atoms with Crippen LogP contribution >= 0.6 is 0 Å². The zero-order chi connectivity index (χ0) is 25.1. The topological polar surface area (TPSA) is 104 Å². The maximum atomic E-state index is 15.3. The smallest absolute Gasteiger partial charge is 0.410 e. The first-order valence-electron chi connectivity index (χ1n) is 11.2. The summed E-state index contributed by atoms with van der Waals surface area (Å²) >= 11 is 0. The van der Waals surface area contributed by atoms with Gasteiger partial charge in [-0.25, -0.2) is 14.0 Å². The van der Waals surface area contributed by atoms with Gasteiger partial charge in [-0.3, -0.25) is 9.36 Å². The molecule has 0 unspecified atom stereocenters. The molecule has 9 nitrogen and oxygen atoms in total. The Morgan fingerprint density at radius 1 is 1.29 bits per heavy atom. The molecule has 10 heteroatoms. The minimum absolute atomic E-state index is 0.0647. The molecule has 1 fully saturated rings. The highest BCUT2D eigenvalue weighted by atomic mass is 19.1. The van der Waals surface area contributed by atoms with Crippen molar-refractivity contribution in [2.24, 2.45) is 0 Å². The van der Waals surface area contributed by atoms with Crippen LogP contribution in [-0.2, 0) is 4.74 Å². The fraction of sp³-hybridized carbons (Fsp3) is 0.458. The number of hydrogen-bond acceptors (Lipinski definition) is 5. The predicted octanol–water partition coefficient (Wildman–Crippen LogP) is 3.38. The van der Waals surface area contributed by atoms with Gasteiger partial charge in [-0.1, -0.05) is 0 Å². The largest absolute Gasteiger partial charge is 0.444 e. The predicted molar refractivity (Wildman–Crippen MR) is 127 cm³/mol. The van der Waals surface area contributed by atoms with E-state index in [0.29, 0.717) is 15.8 Å². The van der Waals surface area contributed by atoms with Crippen LogP contribution in [0.5, 0.6) is 0 Å². The molecule has 4 rings (SSSR count). The normalized spacial score (nSPS) is 14.9. The van der Waals surface area contributed by atoms with Crippen LogP contribution in [0.4, 0.5) is 9.18 Å². The average Bonchev–Trinajstić information content (AvgIpc) is 3.47. The summed E-state index contributed by atoms with van der Waals surface area (Å²) in [4.78, 5) is 39.3. The molecule has 3 aromatic rings. The molecule has 0 spiro atoms. The van der Waals surface area contributed by atoms with E-state index < -0.39 is 28.8 Å². The zero-order valence-corrected chi connectivity index (χ0v) is 20.3. The molecule has 2 N–H and O–H groups in total. The quantitative estimate of drug-likeness (QED) is 0.588. The van der Waals surface area contributed by atoms with Gasteiger partial charge in [0.25, 0.3) is 5.56 Å². The molecule has 0 aliphatic heterocycles. The van der Waals surface area contributed by atoms with Gasteiger partial charge >= 0.3 is 11.8 Å². The minimum Gasteiger partial charge on any atom is -0.444 e. The Morgan fingerprint density at radius 3 is 2.53 bits per heavy atom. The van der Waals surface area contributed by atoms with Crippen LogP contribution in [0, 0.1) is 12.7 Å². The number of rotatable bonds is 4. The number of ether oxygens (including phenoxy) is 1. The molecular formula is C24H30FN5O4. The summed E-state index contributed by atoms with van der Waals surface area (Å²) in [5.74, 6) is 5.08. The maximum Gasteiger partial charge on any atom is 0.410 e. The molecule has 0 saturated heterocycles. The summed E-state index contributed by atoms with van der Waals surface area (Å²) in [6, 6.07) is 2.53. The number of nitrogens with zero attached hydrogens (tertiary/aromatic N) is 4. The number of aromatic nitrogens is 3. The van der Waals surface area contributed by atoms with E-state index >= 15 is 4.39 Å². The van der Waals surface area contributed by atoms with E-state index in [2.05, 4.69) is 0 Å². The summed E-state index contributed by atoms with van der Waals surface area (Å²) in [6.45, 7) is 8.93. The lowest BCUT2D eigenvalue weighted by molar-refractivity contribution is 0.0234. The third kappa shape index (κ3) is 3.97. The second-order valence-electron chi connectivity index (χ2n) is 9.91. The van der Waals surface area contributed by atoms with Gasteiger partial charge in [-0.05, 0) is 65.2 Å². The molecule has 1 aliphatic rings. The number of halogens is 1. The maximum absolute atomic E-state index is 15.3. The van der Waals surface area contributed by atoms with Gasteiger partial charge in [-0.2, -0.15) is 4.68 Å². The first-order chi connectivity index (χ1) is 15.8. The van der Waals surface area contributed by atoms with Gasteiger partial charge in [0, 0.05) is 31.0 Å². The van der Waals surface area contributed by atoms with E-state index in [1.165, 1.54) is 9.47 Å². The summed E-state index contributed by atoms with van der Waals surface area (Å²) in [7, 11) is 1.64. The monoisotopic (exact) mass is 471 g/mol. The SMILES string of the molecule is Cc1c(-n2ccc([C@H](C)N(C)C(=O)OC(C)(C)C)c2)c(F)cc2c(=O)n(N)c(=O)n(C3CC3)c12. The highest BCUT2D eigenvalue weighted by Crippen LogP contribution is 2.37. The molecule has 0 radical (unpaired) electrons. The summed E-state index contributed by atoms with van der Waals surface area (Å²) in [6.07, 6.45) is 4.54. The van der Waals surface area contributed by atoms with Crippen molar-refractivity contribution in [2.45, 2.75) is 65.1 Å². The Hall–Kier alpha value is -3.56. The van der Waals surface area contributed by atoms with Crippen molar-refractivity contribution < 1.29 is 13.9 Å². The fourth-order valence-electron chi connectivity index (χ4n) is 4.16. The number of aryl methyl sites for hydroxylation is 1. The van der Waals surface area contributed by atoms with Gasteiger partial charge in [0.1, 0.15) is 11.4 Å². The zero-order valence-electron chi connectivity index (χ0n) is 20.3. The number of hydrogen-bond donors (Lipinski definition) is 1. The highest BCUT2D eigenvalue weighted by Gasteiger charge is 2.30. The molecular weight excluding hydrogens is 441 g/mol. The average molecular weight is 472 g/mol. The minimum atomic E-state index is -0.730. The fourth-order valence-corrected chi connectivity index (χ4v) is 4.16. The van der Waals surface area contributed by atoms with Crippen LogP contribution in [-0.4, -0.2) is 37.5 Å². The van der Waals surface area contributed by atoms with Gasteiger partial charge in [0.2, 0.25) is 0 Å². The molecule has 2 heterocycles. The van der Waals surface area contributed by atoms with Crippen LogP contribution in [0.1, 0.15) is 63.7 Å². The lowest BCUT2D eigenvalue weighted by Crippen LogP contribution is -2.44. The van der Waals surface area contributed by atoms with Crippen LogP contribution in [0.25, 0.3) is 16.6 Å². The van der Waals surface area contributed by atoms with Crippen molar-refractivity contribution in [3.8, 4) is 5.69 Å². The van der Waals surface area contributed by atoms with Crippen LogP contribution < -0.4 is 17.1 Å². The van der Waals surface area contributed by atoms with E-state index in [4.69, 9.17) is 10.6 Å². The Morgan fingerprint density at radius 2 is 1.94 bits per heavy atom. The number of carbonyl (C=O) groups excluding carboxylic acids is 1. The number of amides is 1. The van der Waals surface area contributed by atoms with E-state index in [-0.39, 0.29) is 23.2 Å². The summed E-state index contributed by atoms with van der Waals surface area (Å²) in [5.41, 5.74) is -0.107. The summed E-state index contributed by atoms with van der Waals surface area (Å²) < 4.78 is 24.4. The van der Waals surface area contributed by atoms with E-state index in [9.17, 15) is 14.4 Å². The molecule has 0 bridgehead atoms. The van der Waals surface area contributed by atoms with Crippen molar-refractivity contribution in [1.82, 2.24) is 18.7 Å². The molecule has 2 aromatic heterocycles. The number of carbonyl (C=O) groups is 1. The Labute approximate surface area is 196 Å². The Kier molecular flexibility index (Phi) is 5.58. The number of nitrogens with two attached hydrogens (primary N) is 1. The molecule has 182 valence electrons. The van der Waals surface area contributed by atoms with Crippen molar-refractivity contribution in [3.05, 3.63) is 62.3 Å². The Bertz CT molecular complexity index is 1410. The van der Waals surface area contributed by atoms with E-state index in [1.54, 1.807) is 57.8 Å². The van der Waals surface area contributed by atoms with Gasteiger partial charge in [0.05, 0.1) is 22.6 Å². The van der Waals surface area contributed by atoms with Crippen LogP contribution in [0.15, 0.2) is 34.1 Å². The number of nitrogen functional groups attached to an aromatic ring is 1. The number of benzene rings is 1. The van der Waals surface area contributed by atoms with Crippen molar-refractivity contribution in [1.29, 1.82) is 0 Å². The van der Waals surface area contributed by atoms with Gasteiger partial charge in [-0.15, -0.1) is 0 Å². The first-order valence-corrected chi connectivity index (χ1v) is 11.2. The molecule has 1 aromatic carbocycles. The molecule has 1 amide bonds. The van der Waals surface area contributed by atoms with Crippen molar-refractivity contribution >= 4 is 17.0 Å². The molecule has 1 saturated carbocycles. The van der Waals surface area contributed by atoms with Gasteiger partial charge in [0.15, 0.2) is 0 Å². The van der Waals surface area contributed by atoms with Crippen LogP contribution in [0.3, 0.4) is 0 Å². The highest BCUT2D eigenvalue weighted by molar-refractivity contribution is 5.85. The molecule has 34 heavy (non-hydrogen) atoms. The lowest BCUT2D eigenvalue weighted by Gasteiger charge is -2.28. The first kappa shape index (κ1) is 23.6. The van der Waals surface area contributed by atoms with Gasteiger partial charge < -0.3 is 20.0 Å². The second-order valence-corrected chi connectivity index (χ2v) is 9.91. The van der Waals surface area contributed by atoms with Crippen molar-refractivity contribution in [3.63, 3.8) is 0 Å². The van der Waals surface area contributed by atoms with Crippen LogP contribution in [0.2, 0.25) is 0 Å². The lowest BCUT2D eigenvalue weighted by atomic mass is 10.1. The second kappa shape index (κ2) is 8.03. The van der Waals surface area contributed by atoms with E-state index in [0.717, 1.165) is 24.5 Å². The number of fused-ring (bicyclic) bond motifs is 1. The van der Waals surface area contributed by atoms with E-state index in [1.807, 2.05) is 6.92 Å².